The largest absolute Gasteiger partial charge is 0.325 e. The Morgan fingerprint density at radius 3 is 2.34 bits per heavy atom. The molecular weight excluding hydrogens is 486 g/mol. The molecule has 0 aliphatic heterocycles. The molecule has 2 aromatic carbocycles. The van der Waals surface area contributed by atoms with Gasteiger partial charge < -0.3 is 5.32 Å². The van der Waals surface area contributed by atoms with Crippen LogP contribution >= 0.6 is 27.7 Å². The molecule has 0 unspecified atom stereocenters. The third-order valence-electron chi connectivity index (χ3n) is 4.85. The lowest BCUT2D eigenvalue weighted by molar-refractivity contribution is -0.113. The lowest BCUT2D eigenvalue weighted by Crippen LogP contribution is -2.14. The second kappa shape index (κ2) is 10.1. The molecule has 162 valence electrons. The normalized spacial score (nSPS) is 11.0. The van der Waals surface area contributed by atoms with Crippen LogP contribution in [0.3, 0.4) is 0 Å². The van der Waals surface area contributed by atoms with Crippen molar-refractivity contribution in [1.29, 1.82) is 0 Å². The molecular formula is C24H22BrN5OS. The maximum Gasteiger partial charge on any atom is 0.234 e. The molecule has 0 aliphatic rings. The highest BCUT2D eigenvalue weighted by Crippen LogP contribution is 2.28. The van der Waals surface area contributed by atoms with E-state index in [1.54, 1.807) is 12.4 Å². The van der Waals surface area contributed by atoms with Gasteiger partial charge in [-0.1, -0.05) is 53.7 Å². The van der Waals surface area contributed by atoms with Gasteiger partial charge in [0.05, 0.1) is 5.75 Å². The van der Waals surface area contributed by atoms with Crippen molar-refractivity contribution in [1.82, 2.24) is 19.7 Å². The van der Waals surface area contributed by atoms with Crippen LogP contribution in [-0.4, -0.2) is 31.4 Å². The Hall–Kier alpha value is -2.97. The first-order valence-electron chi connectivity index (χ1n) is 10.2. The Labute approximate surface area is 199 Å². The number of nitrogens with one attached hydrogen (secondary N) is 1. The van der Waals surface area contributed by atoms with Gasteiger partial charge in [-0.3, -0.25) is 14.3 Å². The monoisotopic (exact) mass is 507 g/mol. The fourth-order valence-electron chi connectivity index (χ4n) is 3.15. The summed E-state index contributed by atoms with van der Waals surface area (Å²) in [6.07, 6.45) is 3.45. The molecule has 0 radical (unpaired) electrons. The third-order valence-corrected chi connectivity index (χ3v) is 6.31. The number of carbonyl (C=O) groups excluding carboxylic acids is 1. The number of hydrogen-bond donors (Lipinski definition) is 1. The Bertz CT molecular complexity index is 1190. The molecule has 0 bridgehead atoms. The first-order valence-corrected chi connectivity index (χ1v) is 11.9. The summed E-state index contributed by atoms with van der Waals surface area (Å²) in [4.78, 5) is 16.7. The average molecular weight is 508 g/mol. The first-order chi connectivity index (χ1) is 15.5. The number of pyridine rings is 1. The summed E-state index contributed by atoms with van der Waals surface area (Å²) in [5.74, 6) is 1.27. The molecule has 1 amide bonds. The zero-order valence-electron chi connectivity index (χ0n) is 17.7. The van der Waals surface area contributed by atoms with Gasteiger partial charge in [-0.15, -0.1) is 10.2 Å². The van der Waals surface area contributed by atoms with E-state index < -0.39 is 0 Å². The van der Waals surface area contributed by atoms with Crippen LogP contribution in [0.4, 0.5) is 5.69 Å². The number of rotatable bonds is 7. The number of nitrogens with zero attached hydrogens (tertiary/aromatic N) is 4. The third kappa shape index (κ3) is 5.26. The van der Waals surface area contributed by atoms with Crippen LogP contribution in [0.2, 0.25) is 0 Å². The van der Waals surface area contributed by atoms with Crippen LogP contribution in [0.5, 0.6) is 0 Å². The SMILES string of the molecule is CC(C)c1ccc(NC(=O)CSc2nnc(-c3ccncc3)n2-c2ccc(Br)cc2)cc1. The van der Waals surface area contributed by atoms with Gasteiger partial charge in [0.2, 0.25) is 5.91 Å². The minimum Gasteiger partial charge on any atom is -0.325 e. The second-order valence-electron chi connectivity index (χ2n) is 7.47. The highest BCUT2D eigenvalue weighted by molar-refractivity contribution is 9.10. The lowest BCUT2D eigenvalue weighted by Gasteiger charge is -2.11. The Morgan fingerprint density at radius 1 is 1.00 bits per heavy atom. The second-order valence-corrected chi connectivity index (χ2v) is 9.33. The number of amides is 1. The lowest BCUT2D eigenvalue weighted by atomic mass is 10.0. The van der Waals surface area contributed by atoms with E-state index in [4.69, 9.17) is 0 Å². The van der Waals surface area contributed by atoms with E-state index >= 15 is 0 Å². The fraction of sp³-hybridized carbons (Fsp3) is 0.167. The summed E-state index contributed by atoms with van der Waals surface area (Å²) in [5.41, 5.74) is 3.84. The number of aromatic nitrogens is 4. The van der Waals surface area contributed by atoms with Crippen LogP contribution < -0.4 is 5.32 Å². The summed E-state index contributed by atoms with van der Waals surface area (Å²) in [5, 5.41) is 12.4. The molecule has 2 heterocycles. The number of carbonyl (C=O) groups is 1. The van der Waals surface area contributed by atoms with E-state index in [0.717, 1.165) is 21.4 Å². The van der Waals surface area contributed by atoms with Crippen molar-refractivity contribution in [2.45, 2.75) is 24.9 Å². The highest BCUT2D eigenvalue weighted by Gasteiger charge is 2.17. The van der Waals surface area contributed by atoms with Crippen LogP contribution in [0.15, 0.2) is 82.7 Å². The molecule has 4 rings (SSSR count). The predicted octanol–water partition coefficient (Wildman–Crippen LogP) is 5.95. The van der Waals surface area contributed by atoms with Gasteiger partial charge in [0.15, 0.2) is 11.0 Å². The number of thioether (sulfide) groups is 1. The Balaban J connectivity index is 1.53. The van der Waals surface area contributed by atoms with Crippen LogP contribution in [0.25, 0.3) is 17.1 Å². The summed E-state index contributed by atoms with van der Waals surface area (Å²) in [6.45, 7) is 4.29. The number of halogens is 1. The summed E-state index contributed by atoms with van der Waals surface area (Å²) >= 11 is 4.82. The van der Waals surface area contributed by atoms with Crippen LogP contribution in [-0.2, 0) is 4.79 Å². The molecule has 32 heavy (non-hydrogen) atoms. The quantitative estimate of drug-likeness (QED) is 0.313. The van der Waals surface area contributed by atoms with Crippen molar-refractivity contribution in [2.75, 3.05) is 11.1 Å². The van der Waals surface area contributed by atoms with E-state index in [9.17, 15) is 4.79 Å². The van der Waals surface area contributed by atoms with Gasteiger partial charge >= 0.3 is 0 Å². The maximum absolute atomic E-state index is 12.6. The highest BCUT2D eigenvalue weighted by atomic mass is 79.9. The molecule has 0 saturated heterocycles. The molecule has 4 aromatic rings. The molecule has 0 fully saturated rings. The van der Waals surface area contributed by atoms with E-state index in [2.05, 4.69) is 50.3 Å². The van der Waals surface area contributed by atoms with Gasteiger partial charge in [0.25, 0.3) is 0 Å². The molecule has 1 N–H and O–H groups in total. The van der Waals surface area contributed by atoms with Gasteiger partial charge in [-0.25, -0.2) is 0 Å². The van der Waals surface area contributed by atoms with Gasteiger partial charge in [0, 0.05) is 33.8 Å². The van der Waals surface area contributed by atoms with Gasteiger partial charge in [0.1, 0.15) is 0 Å². The van der Waals surface area contributed by atoms with E-state index in [-0.39, 0.29) is 11.7 Å². The molecule has 0 saturated carbocycles. The standard InChI is InChI=1S/C24H22BrN5OS/c1-16(2)17-3-7-20(8-4-17)27-22(31)15-32-24-29-28-23(18-11-13-26-14-12-18)30(24)21-9-5-19(25)6-10-21/h3-14,16H,15H2,1-2H3,(H,27,31). The van der Waals surface area contributed by atoms with Crippen molar-refractivity contribution in [2.24, 2.45) is 0 Å². The molecule has 2 aromatic heterocycles. The van der Waals surface area contributed by atoms with Crippen molar-refractivity contribution in [3.05, 3.63) is 83.1 Å². The van der Waals surface area contributed by atoms with Gasteiger partial charge in [-0.2, -0.15) is 0 Å². The molecule has 0 atom stereocenters. The topological polar surface area (TPSA) is 72.7 Å². The molecule has 6 nitrogen and oxygen atoms in total. The molecule has 0 aliphatic carbocycles. The van der Waals surface area contributed by atoms with Crippen LogP contribution in [0.1, 0.15) is 25.3 Å². The smallest absolute Gasteiger partial charge is 0.234 e. The van der Waals surface area contributed by atoms with Gasteiger partial charge in [-0.05, 0) is 60.0 Å². The fourth-order valence-corrected chi connectivity index (χ4v) is 4.17. The average Bonchev–Trinajstić information content (AvgIpc) is 3.23. The zero-order valence-corrected chi connectivity index (χ0v) is 20.1. The first kappa shape index (κ1) is 22.2. The number of anilines is 1. The van der Waals surface area contributed by atoms with Crippen molar-refractivity contribution in [3.63, 3.8) is 0 Å². The van der Waals surface area contributed by atoms with E-state index in [1.165, 1.54) is 17.3 Å². The summed E-state index contributed by atoms with van der Waals surface area (Å²) in [7, 11) is 0. The molecule has 0 spiro atoms. The molecule has 8 heteroatoms. The summed E-state index contributed by atoms with van der Waals surface area (Å²) in [6, 6.07) is 19.6. The number of benzene rings is 2. The number of hydrogen-bond acceptors (Lipinski definition) is 5. The predicted molar refractivity (Wildman–Crippen MR) is 132 cm³/mol. The van der Waals surface area contributed by atoms with Crippen molar-refractivity contribution >= 4 is 39.3 Å². The minimum atomic E-state index is -0.0943. The Kier molecular flexibility index (Phi) is 7.02. The van der Waals surface area contributed by atoms with Crippen molar-refractivity contribution in [3.8, 4) is 17.1 Å². The van der Waals surface area contributed by atoms with Crippen LogP contribution in [0, 0.1) is 0 Å². The summed E-state index contributed by atoms with van der Waals surface area (Å²) < 4.78 is 2.94. The van der Waals surface area contributed by atoms with E-state index in [0.29, 0.717) is 16.9 Å². The van der Waals surface area contributed by atoms with Crippen molar-refractivity contribution < 1.29 is 4.79 Å². The maximum atomic E-state index is 12.6. The Morgan fingerprint density at radius 2 is 1.69 bits per heavy atom. The zero-order chi connectivity index (χ0) is 22.5. The van der Waals surface area contributed by atoms with E-state index in [1.807, 2.05) is 65.2 Å². The minimum absolute atomic E-state index is 0.0943.